The molecule has 0 fully saturated rings. The van der Waals surface area contributed by atoms with Gasteiger partial charge in [-0.1, -0.05) is 66.7 Å². The van der Waals surface area contributed by atoms with E-state index in [-0.39, 0.29) is 0 Å². The molecule has 0 amide bonds. The highest BCUT2D eigenvalue weighted by Crippen LogP contribution is 2.19. The smallest absolute Gasteiger partial charge is 0.142 e. The molecule has 0 bridgehead atoms. The normalized spacial score (nSPS) is 11.7. The first-order chi connectivity index (χ1) is 8.90. The van der Waals surface area contributed by atoms with E-state index in [1.807, 2.05) is 66.7 Å². The van der Waals surface area contributed by atoms with Gasteiger partial charge in [-0.2, -0.15) is 0 Å². The average molecular weight is 234 g/mol. The maximum absolute atomic E-state index is 10.5. The molecule has 0 atom stereocenters. The van der Waals surface area contributed by atoms with E-state index in [0.717, 1.165) is 23.0 Å². The molecule has 1 heteroatoms. The van der Waals surface area contributed by atoms with E-state index in [0.29, 0.717) is 0 Å². The minimum absolute atomic E-state index is 0.793. The second-order valence-corrected chi connectivity index (χ2v) is 3.87. The molecule has 0 heterocycles. The minimum Gasteiger partial charge on any atom is -0.299 e. The highest BCUT2D eigenvalue weighted by Gasteiger charge is 1.97. The Morgan fingerprint density at radius 3 is 2.06 bits per heavy atom. The number of hydrogen-bond donors (Lipinski definition) is 0. The molecule has 2 rings (SSSR count). The summed E-state index contributed by atoms with van der Waals surface area (Å²) < 4.78 is 0. The van der Waals surface area contributed by atoms with Crippen LogP contribution in [0, 0.1) is 0 Å². The summed E-state index contributed by atoms with van der Waals surface area (Å²) in [7, 11) is 0. The lowest BCUT2D eigenvalue weighted by molar-refractivity contribution is -0.104. The number of rotatable bonds is 4. The van der Waals surface area contributed by atoms with Crippen molar-refractivity contribution in [3.05, 3.63) is 83.9 Å². The van der Waals surface area contributed by atoms with Gasteiger partial charge in [0.25, 0.3) is 0 Å². The van der Waals surface area contributed by atoms with E-state index in [4.69, 9.17) is 0 Å². The lowest BCUT2D eigenvalue weighted by atomic mass is 10.0. The van der Waals surface area contributed by atoms with Crippen molar-refractivity contribution in [3.63, 3.8) is 0 Å². The van der Waals surface area contributed by atoms with E-state index in [1.165, 1.54) is 6.08 Å². The van der Waals surface area contributed by atoms with Gasteiger partial charge in [-0.3, -0.25) is 4.79 Å². The molecule has 18 heavy (non-hydrogen) atoms. The van der Waals surface area contributed by atoms with Gasteiger partial charge in [0.2, 0.25) is 0 Å². The molecule has 0 aliphatic rings. The maximum atomic E-state index is 10.5. The monoisotopic (exact) mass is 234 g/mol. The SMILES string of the molecule is O=C/C=C/C(=C/c1ccccc1)c1ccccc1. The molecule has 88 valence electrons. The van der Waals surface area contributed by atoms with E-state index in [2.05, 4.69) is 6.08 Å². The van der Waals surface area contributed by atoms with Crippen molar-refractivity contribution in [3.8, 4) is 0 Å². The van der Waals surface area contributed by atoms with Gasteiger partial charge in [0.05, 0.1) is 0 Å². The molecule has 0 aliphatic heterocycles. The van der Waals surface area contributed by atoms with Crippen molar-refractivity contribution in [2.24, 2.45) is 0 Å². The van der Waals surface area contributed by atoms with Gasteiger partial charge in [-0.05, 0) is 28.9 Å². The fourth-order valence-corrected chi connectivity index (χ4v) is 1.73. The molecule has 0 aliphatic carbocycles. The number of carbonyl (C=O) groups excluding carboxylic acids is 1. The van der Waals surface area contributed by atoms with Crippen molar-refractivity contribution in [2.45, 2.75) is 0 Å². The zero-order valence-corrected chi connectivity index (χ0v) is 9.99. The molecule has 0 radical (unpaired) electrons. The fourth-order valence-electron chi connectivity index (χ4n) is 1.73. The molecule has 2 aromatic carbocycles. The van der Waals surface area contributed by atoms with Crippen LogP contribution in [-0.4, -0.2) is 6.29 Å². The van der Waals surface area contributed by atoms with Gasteiger partial charge in [-0.15, -0.1) is 0 Å². The third-order valence-electron chi connectivity index (χ3n) is 2.58. The second kappa shape index (κ2) is 6.36. The molecule has 0 N–H and O–H groups in total. The Labute approximate surface area is 107 Å². The predicted octanol–water partition coefficient (Wildman–Crippen LogP) is 3.98. The number of carbonyl (C=O) groups is 1. The highest BCUT2D eigenvalue weighted by molar-refractivity contribution is 5.89. The van der Waals surface area contributed by atoms with Gasteiger partial charge < -0.3 is 0 Å². The van der Waals surface area contributed by atoms with E-state index in [1.54, 1.807) is 0 Å². The average Bonchev–Trinajstić information content (AvgIpc) is 2.45. The molecule has 0 aromatic heterocycles. The third-order valence-corrected chi connectivity index (χ3v) is 2.58. The molecular formula is C17H14O. The Balaban J connectivity index is 2.40. The number of aldehydes is 1. The summed E-state index contributed by atoms with van der Waals surface area (Å²) >= 11 is 0. The van der Waals surface area contributed by atoms with Gasteiger partial charge in [0.15, 0.2) is 0 Å². The van der Waals surface area contributed by atoms with E-state index >= 15 is 0 Å². The number of benzene rings is 2. The van der Waals surface area contributed by atoms with Crippen LogP contribution in [-0.2, 0) is 4.79 Å². The zero-order valence-electron chi connectivity index (χ0n) is 9.99. The molecule has 0 saturated carbocycles. The standard InChI is InChI=1S/C17H14O/c18-13-7-12-17(16-10-5-2-6-11-16)14-15-8-3-1-4-9-15/h1-14H/b12-7+,17-14-. The summed E-state index contributed by atoms with van der Waals surface area (Å²) in [6.07, 6.45) is 6.20. The van der Waals surface area contributed by atoms with Gasteiger partial charge >= 0.3 is 0 Å². The first kappa shape index (κ1) is 12.1. The second-order valence-electron chi connectivity index (χ2n) is 3.87. The van der Waals surface area contributed by atoms with Crippen LogP contribution < -0.4 is 0 Å². The summed E-state index contributed by atoms with van der Waals surface area (Å²) in [4.78, 5) is 10.5. The molecule has 0 saturated heterocycles. The molecule has 0 unspecified atom stereocenters. The molecule has 1 nitrogen and oxygen atoms in total. The molecule has 0 spiro atoms. The minimum atomic E-state index is 0.793. The Hall–Kier alpha value is -2.41. The maximum Gasteiger partial charge on any atom is 0.142 e. The largest absolute Gasteiger partial charge is 0.299 e. The van der Waals surface area contributed by atoms with E-state index in [9.17, 15) is 4.79 Å². The van der Waals surface area contributed by atoms with Crippen LogP contribution >= 0.6 is 0 Å². The van der Waals surface area contributed by atoms with Crippen LogP contribution in [0.1, 0.15) is 11.1 Å². The Morgan fingerprint density at radius 1 is 0.833 bits per heavy atom. The highest BCUT2D eigenvalue weighted by atomic mass is 16.1. The third kappa shape index (κ3) is 3.29. The summed E-state index contributed by atoms with van der Waals surface area (Å²) in [6.45, 7) is 0. The Morgan fingerprint density at radius 2 is 1.44 bits per heavy atom. The van der Waals surface area contributed by atoms with Crippen molar-refractivity contribution >= 4 is 17.9 Å². The summed E-state index contributed by atoms with van der Waals surface area (Å²) in [5.74, 6) is 0. The molecular weight excluding hydrogens is 220 g/mol. The first-order valence-electron chi connectivity index (χ1n) is 5.84. The van der Waals surface area contributed by atoms with E-state index < -0.39 is 0 Å². The summed E-state index contributed by atoms with van der Waals surface area (Å²) in [5, 5.41) is 0. The fraction of sp³-hybridized carbons (Fsp3) is 0. The van der Waals surface area contributed by atoms with Crippen LogP contribution in [0.15, 0.2) is 72.8 Å². The van der Waals surface area contributed by atoms with Crippen LogP contribution in [0.3, 0.4) is 0 Å². The van der Waals surface area contributed by atoms with Crippen molar-refractivity contribution in [2.75, 3.05) is 0 Å². The predicted molar refractivity (Wildman–Crippen MR) is 76.0 cm³/mol. The van der Waals surface area contributed by atoms with Crippen LogP contribution in [0.25, 0.3) is 11.6 Å². The lowest BCUT2D eigenvalue weighted by Gasteiger charge is -2.02. The van der Waals surface area contributed by atoms with Gasteiger partial charge in [0, 0.05) is 0 Å². The number of hydrogen-bond acceptors (Lipinski definition) is 1. The van der Waals surface area contributed by atoms with Crippen molar-refractivity contribution in [1.29, 1.82) is 0 Å². The zero-order chi connectivity index (χ0) is 12.6. The lowest BCUT2D eigenvalue weighted by Crippen LogP contribution is -1.81. The topological polar surface area (TPSA) is 17.1 Å². The first-order valence-corrected chi connectivity index (χ1v) is 5.84. The quantitative estimate of drug-likeness (QED) is 0.338. The summed E-state index contributed by atoms with van der Waals surface area (Å²) in [5.41, 5.74) is 3.24. The number of allylic oxidation sites excluding steroid dienone is 3. The molecule has 2 aromatic rings. The van der Waals surface area contributed by atoms with Crippen LogP contribution in [0.4, 0.5) is 0 Å². The van der Waals surface area contributed by atoms with Crippen LogP contribution in [0.5, 0.6) is 0 Å². The Kier molecular flexibility index (Phi) is 4.26. The van der Waals surface area contributed by atoms with Crippen molar-refractivity contribution < 1.29 is 4.79 Å². The Bertz CT molecular complexity index is 551. The van der Waals surface area contributed by atoms with Gasteiger partial charge in [0.1, 0.15) is 6.29 Å². The van der Waals surface area contributed by atoms with Crippen LogP contribution in [0.2, 0.25) is 0 Å². The summed E-state index contributed by atoms with van der Waals surface area (Å²) in [6, 6.07) is 20.1. The van der Waals surface area contributed by atoms with Gasteiger partial charge in [-0.25, -0.2) is 0 Å². The van der Waals surface area contributed by atoms with Crippen molar-refractivity contribution in [1.82, 2.24) is 0 Å².